The first kappa shape index (κ1) is 29.4. The Balaban J connectivity index is 0. The molecule has 0 aromatic carbocycles. The van der Waals surface area contributed by atoms with Gasteiger partial charge in [-0.05, 0) is 67.2 Å². The van der Waals surface area contributed by atoms with Gasteiger partial charge in [-0.2, -0.15) is 41.5 Å². The Morgan fingerprint density at radius 1 is 0.633 bits per heavy atom. The molecular formula is C22H36N8. The topological polar surface area (TPSA) is 145 Å². The van der Waals surface area contributed by atoms with Crippen LogP contribution in [0.15, 0.2) is 20.5 Å². The molecule has 2 unspecified atom stereocenters. The van der Waals surface area contributed by atoms with Gasteiger partial charge in [0.1, 0.15) is 0 Å². The van der Waals surface area contributed by atoms with Gasteiger partial charge in [-0.25, -0.2) is 0 Å². The van der Waals surface area contributed by atoms with Gasteiger partial charge in [-0.1, -0.05) is 0 Å². The van der Waals surface area contributed by atoms with Crippen molar-refractivity contribution in [2.75, 3.05) is 26.2 Å². The molecule has 0 aliphatic heterocycles. The second-order valence-electron chi connectivity index (χ2n) is 8.64. The molecule has 0 aliphatic carbocycles. The molecule has 164 valence electrons. The van der Waals surface area contributed by atoms with Gasteiger partial charge in [0, 0.05) is 0 Å². The fourth-order valence-corrected chi connectivity index (χ4v) is 1.88. The zero-order valence-corrected chi connectivity index (χ0v) is 19.4. The second-order valence-corrected chi connectivity index (χ2v) is 8.64. The van der Waals surface area contributed by atoms with E-state index < -0.39 is 0 Å². The Kier molecular flexibility index (Phi) is 16.7. The third-order valence-electron chi connectivity index (χ3n) is 4.08. The van der Waals surface area contributed by atoms with E-state index in [1.807, 2.05) is 39.8 Å². The highest BCUT2D eigenvalue weighted by Gasteiger charge is 2.16. The lowest BCUT2D eigenvalue weighted by Crippen LogP contribution is -2.08. The van der Waals surface area contributed by atoms with Crippen LogP contribution in [0, 0.1) is 68.0 Å². The zero-order valence-electron chi connectivity index (χ0n) is 19.4. The lowest BCUT2D eigenvalue weighted by molar-refractivity contribution is 0.430. The van der Waals surface area contributed by atoms with Crippen LogP contribution >= 0.6 is 0 Å². The minimum absolute atomic E-state index is 0.0915. The van der Waals surface area contributed by atoms with Crippen molar-refractivity contribution in [3.63, 3.8) is 0 Å². The van der Waals surface area contributed by atoms with Gasteiger partial charge in [0.25, 0.3) is 0 Å². The first-order valence-corrected chi connectivity index (χ1v) is 10.3. The average molecular weight is 413 g/mol. The van der Waals surface area contributed by atoms with Crippen LogP contribution in [0.5, 0.6) is 0 Å². The normalized spacial score (nSPS) is 13.4. The highest BCUT2D eigenvalue weighted by atomic mass is 15.1. The van der Waals surface area contributed by atoms with E-state index in [9.17, 15) is 0 Å². The van der Waals surface area contributed by atoms with E-state index in [0.717, 1.165) is 25.7 Å². The first-order valence-electron chi connectivity index (χ1n) is 10.3. The maximum absolute atomic E-state index is 8.84. The molecule has 0 radical (unpaired) electrons. The highest BCUT2D eigenvalue weighted by molar-refractivity contribution is 4.92. The summed E-state index contributed by atoms with van der Waals surface area (Å²) in [5.74, 6) is -0.183. The van der Waals surface area contributed by atoms with E-state index in [2.05, 4.69) is 32.6 Å². The molecule has 0 N–H and O–H groups in total. The molecule has 30 heavy (non-hydrogen) atoms. The summed E-state index contributed by atoms with van der Waals surface area (Å²) in [5.41, 5.74) is -0.515. The van der Waals surface area contributed by atoms with Crippen LogP contribution < -0.4 is 0 Å². The van der Waals surface area contributed by atoms with Gasteiger partial charge in [0.15, 0.2) is 0 Å². The third-order valence-corrected chi connectivity index (χ3v) is 4.08. The van der Waals surface area contributed by atoms with E-state index in [1.165, 1.54) is 0 Å². The Labute approximate surface area is 182 Å². The molecule has 0 heterocycles. The standard InChI is InChI=1S/C14H24N4.C8H12N4/c1-13(2,11-15)7-5-9-17-18-10-6-8-14(3,4)12-16;1-7(3-9)5-11-12-6-8(2)4-10/h5-10H2,1-4H3;7-8H,5-6H2,1-2H3. The smallest absolute Gasteiger partial charge is 0.0754 e. The number of azo groups is 2. The molecule has 2 atom stereocenters. The minimum Gasteiger partial charge on any atom is -0.198 e. The van der Waals surface area contributed by atoms with Crippen LogP contribution in [0.3, 0.4) is 0 Å². The molecule has 0 aromatic heterocycles. The molecule has 0 spiro atoms. The largest absolute Gasteiger partial charge is 0.198 e. The zero-order chi connectivity index (χ0) is 23.5. The predicted molar refractivity (Wildman–Crippen MR) is 116 cm³/mol. The minimum atomic E-state index is -0.258. The molecule has 0 saturated carbocycles. The lowest BCUT2D eigenvalue weighted by Gasteiger charge is -2.13. The van der Waals surface area contributed by atoms with Crippen molar-refractivity contribution >= 4 is 0 Å². The number of hydrogen-bond acceptors (Lipinski definition) is 8. The van der Waals surface area contributed by atoms with Crippen molar-refractivity contribution in [1.82, 2.24) is 0 Å². The number of nitriles is 4. The summed E-state index contributed by atoms with van der Waals surface area (Å²) >= 11 is 0. The van der Waals surface area contributed by atoms with E-state index in [0.29, 0.717) is 26.2 Å². The molecule has 8 nitrogen and oxygen atoms in total. The van der Waals surface area contributed by atoms with Crippen LogP contribution in [0.2, 0.25) is 0 Å². The summed E-state index contributed by atoms with van der Waals surface area (Å²) < 4.78 is 0. The van der Waals surface area contributed by atoms with E-state index in [-0.39, 0.29) is 22.7 Å². The summed E-state index contributed by atoms with van der Waals surface area (Å²) in [5, 5.41) is 50.2. The maximum atomic E-state index is 8.84. The fourth-order valence-electron chi connectivity index (χ4n) is 1.88. The Morgan fingerprint density at radius 2 is 0.967 bits per heavy atom. The molecule has 0 fully saturated rings. The van der Waals surface area contributed by atoms with E-state index in [1.54, 1.807) is 13.8 Å². The Hall–Kier alpha value is -2.84. The SMILES string of the molecule is CC(C#N)CN=NCC(C)C#N.CC(C)(C#N)CCCN=NCCCC(C)(C)C#N. The van der Waals surface area contributed by atoms with Crippen LogP contribution in [-0.4, -0.2) is 26.2 Å². The van der Waals surface area contributed by atoms with Gasteiger partial charge in [-0.15, -0.1) is 0 Å². The summed E-state index contributed by atoms with van der Waals surface area (Å²) in [4.78, 5) is 0. The van der Waals surface area contributed by atoms with Crippen LogP contribution in [0.4, 0.5) is 0 Å². The van der Waals surface area contributed by atoms with Crippen molar-refractivity contribution in [1.29, 1.82) is 21.0 Å². The molecule has 0 rings (SSSR count). The molecule has 0 amide bonds. The van der Waals surface area contributed by atoms with Gasteiger partial charge in [0.2, 0.25) is 0 Å². The van der Waals surface area contributed by atoms with Crippen LogP contribution in [0.25, 0.3) is 0 Å². The fraction of sp³-hybridized carbons (Fsp3) is 0.818. The molecule has 0 aliphatic rings. The van der Waals surface area contributed by atoms with Gasteiger partial charge < -0.3 is 0 Å². The molecule has 8 heteroatoms. The average Bonchev–Trinajstić information content (AvgIpc) is 2.73. The van der Waals surface area contributed by atoms with Gasteiger partial charge in [0.05, 0.1) is 73.1 Å². The number of nitrogens with zero attached hydrogens (tertiary/aromatic N) is 8. The maximum Gasteiger partial charge on any atom is 0.0754 e. The molecule has 0 aromatic rings. The van der Waals surface area contributed by atoms with E-state index in [4.69, 9.17) is 21.0 Å². The van der Waals surface area contributed by atoms with Gasteiger partial charge >= 0.3 is 0 Å². The third kappa shape index (κ3) is 19.9. The Bertz CT molecular complexity index is 622. The van der Waals surface area contributed by atoms with Crippen LogP contribution in [0.1, 0.15) is 67.2 Å². The summed E-state index contributed by atoms with van der Waals surface area (Å²) in [7, 11) is 0. The molecular weight excluding hydrogens is 376 g/mol. The quantitative estimate of drug-likeness (QED) is 0.292. The predicted octanol–water partition coefficient (Wildman–Crippen LogP) is 5.86. The summed E-state index contributed by atoms with van der Waals surface area (Å²) in [6, 6.07) is 8.64. The van der Waals surface area contributed by atoms with Gasteiger partial charge in [-0.3, -0.25) is 0 Å². The summed E-state index contributed by atoms with van der Waals surface area (Å²) in [6.45, 7) is 13.5. The van der Waals surface area contributed by atoms with Crippen molar-refractivity contribution in [2.45, 2.75) is 67.2 Å². The highest BCUT2D eigenvalue weighted by Crippen LogP contribution is 2.21. The number of rotatable bonds is 12. The number of hydrogen-bond donors (Lipinski definition) is 0. The molecule has 0 saturated heterocycles. The Morgan fingerprint density at radius 3 is 1.23 bits per heavy atom. The lowest BCUT2D eigenvalue weighted by atomic mass is 9.90. The monoisotopic (exact) mass is 412 g/mol. The van der Waals surface area contributed by atoms with Crippen LogP contribution in [-0.2, 0) is 0 Å². The first-order chi connectivity index (χ1) is 14.0. The second kappa shape index (κ2) is 17.1. The molecule has 0 bridgehead atoms. The van der Waals surface area contributed by atoms with E-state index >= 15 is 0 Å². The van der Waals surface area contributed by atoms with Crippen molar-refractivity contribution in [3.05, 3.63) is 0 Å². The van der Waals surface area contributed by atoms with Crippen molar-refractivity contribution in [2.24, 2.45) is 43.1 Å². The summed E-state index contributed by atoms with van der Waals surface area (Å²) in [6.07, 6.45) is 3.50. The van der Waals surface area contributed by atoms with Crippen molar-refractivity contribution in [3.8, 4) is 24.3 Å². The van der Waals surface area contributed by atoms with Crippen molar-refractivity contribution < 1.29 is 0 Å².